The molecule has 0 amide bonds. The van der Waals surface area contributed by atoms with Crippen molar-refractivity contribution in [1.29, 1.82) is 0 Å². The first-order valence-electron chi connectivity index (χ1n) is 4.40. The van der Waals surface area contributed by atoms with Crippen LogP contribution in [0.1, 0.15) is 5.69 Å². The van der Waals surface area contributed by atoms with Crippen molar-refractivity contribution in [2.45, 2.75) is 12.3 Å². The van der Waals surface area contributed by atoms with E-state index in [4.69, 9.17) is 0 Å². The first-order valence-corrected chi connectivity index (χ1v) is 4.40. The summed E-state index contributed by atoms with van der Waals surface area (Å²) < 4.78 is 49.3. The van der Waals surface area contributed by atoms with Crippen LogP contribution in [0.25, 0.3) is 0 Å². The molecule has 1 saturated heterocycles. The molecule has 6 heteroatoms. The third kappa shape index (κ3) is 2.03. The van der Waals surface area contributed by atoms with Gasteiger partial charge in [-0.2, -0.15) is 13.2 Å². The minimum absolute atomic E-state index is 0.119. The van der Waals surface area contributed by atoms with E-state index in [1.165, 1.54) is 17.0 Å². The van der Waals surface area contributed by atoms with Gasteiger partial charge in [-0.25, -0.2) is 9.37 Å². The van der Waals surface area contributed by atoms with Crippen LogP contribution in [0.15, 0.2) is 18.2 Å². The Morgan fingerprint density at radius 1 is 1.27 bits per heavy atom. The molecule has 1 fully saturated rings. The van der Waals surface area contributed by atoms with Crippen LogP contribution in [-0.4, -0.2) is 24.2 Å². The van der Waals surface area contributed by atoms with E-state index in [-0.39, 0.29) is 18.9 Å². The SMILES string of the molecule is FC1CN(c2cccc(C(F)(F)F)n2)C1. The van der Waals surface area contributed by atoms with E-state index in [1.807, 2.05) is 0 Å². The van der Waals surface area contributed by atoms with E-state index in [0.717, 1.165) is 6.07 Å². The quantitative estimate of drug-likeness (QED) is 0.675. The summed E-state index contributed by atoms with van der Waals surface area (Å²) in [5, 5.41) is 0. The average molecular weight is 220 g/mol. The van der Waals surface area contributed by atoms with Crippen LogP contribution in [0.3, 0.4) is 0 Å². The molecular formula is C9H8F4N2. The molecular weight excluding hydrogens is 212 g/mol. The fourth-order valence-electron chi connectivity index (χ4n) is 1.37. The molecule has 0 N–H and O–H groups in total. The highest BCUT2D eigenvalue weighted by Gasteiger charge is 2.34. The maximum absolute atomic E-state index is 12.5. The number of aromatic nitrogens is 1. The Kier molecular flexibility index (Phi) is 2.28. The lowest BCUT2D eigenvalue weighted by Gasteiger charge is -2.35. The maximum atomic E-state index is 12.5. The number of nitrogens with zero attached hydrogens (tertiary/aromatic N) is 2. The van der Waals surface area contributed by atoms with Crippen molar-refractivity contribution in [3.63, 3.8) is 0 Å². The van der Waals surface area contributed by atoms with Crippen LogP contribution in [0.4, 0.5) is 23.4 Å². The molecule has 1 aliphatic rings. The monoisotopic (exact) mass is 220 g/mol. The van der Waals surface area contributed by atoms with Gasteiger partial charge in [0.15, 0.2) is 0 Å². The summed E-state index contributed by atoms with van der Waals surface area (Å²) in [4.78, 5) is 4.91. The number of hydrogen-bond acceptors (Lipinski definition) is 2. The minimum atomic E-state index is -4.45. The standard InChI is InChI=1S/C9H8F4N2/c10-6-4-15(5-6)8-3-1-2-7(14-8)9(11,12)13/h1-3,6H,4-5H2. The lowest BCUT2D eigenvalue weighted by atomic mass is 10.2. The fraction of sp³-hybridized carbons (Fsp3) is 0.444. The molecule has 15 heavy (non-hydrogen) atoms. The zero-order valence-electron chi connectivity index (χ0n) is 7.63. The Hall–Kier alpha value is -1.33. The molecule has 0 radical (unpaired) electrons. The van der Waals surface area contributed by atoms with Gasteiger partial charge >= 0.3 is 6.18 Å². The summed E-state index contributed by atoms with van der Waals surface area (Å²) in [5.41, 5.74) is -0.942. The predicted octanol–water partition coefficient (Wildman–Crippen LogP) is 2.26. The van der Waals surface area contributed by atoms with Crippen molar-refractivity contribution < 1.29 is 17.6 Å². The van der Waals surface area contributed by atoms with Crippen molar-refractivity contribution in [1.82, 2.24) is 4.98 Å². The van der Waals surface area contributed by atoms with Crippen LogP contribution in [-0.2, 0) is 6.18 Å². The number of pyridine rings is 1. The Balaban J connectivity index is 2.20. The highest BCUT2D eigenvalue weighted by atomic mass is 19.4. The molecule has 0 aliphatic carbocycles. The topological polar surface area (TPSA) is 16.1 Å². The molecule has 0 aromatic carbocycles. The van der Waals surface area contributed by atoms with Gasteiger partial charge in [0.25, 0.3) is 0 Å². The summed E-state index contributed by atoms with van der Waals surface area (Å²) in [6, 6.07) is 3.62. The van der Waals surface area contributed by atoms with Crippen LogP contribution < -0.4 is 4.90 Å². The molecule has 1 aromatic heterocycles. The Labute approximate surface area is 83.5 Å². The predicted molar refractivity (Wildman–Crippen MR) is 46.3 cm³/mol. The van der Waals surface area contributed by atoms with Crippen molar-refractivity contribution in [3.8, 4) is 0 Å². The third-order valence-electron chi connectivity index (χ3n) is 2.19. The van der Waals surface area contributed by atoms with Crippen molar-refractivity contribution >= 4 is 5.82 Å². The van der Waals surface area contributed by atoms with Gasteiger partial charge in [-0.3, -0.25) is 0 Å². The van der Waals surface area contributed by atoms with Gasteiger partial charge in [0, 0.05) is 0 Å². The first kappa shape index (κ1) is 10.2. The number of rotatable bonds is 1. The summed E-state index contributed by atoms with van der Waals surface area (Å²) in [6.45, 7) is 0.239. The molecule has 0 unspecified atom stereocenters. The molecule has 0 spiro atoms. The van der Waals surface area contributed by atoms with Gasteiger partial charge < -0.3 is 4.90 Å². The van der Waals surface area contributed by atoms with Gasteiger partial charge in [-0.15, -0.1) is 0 Å². The van der Waals surface area contributed by atoms with Crippen LogP contribution in [0, 0.1) is 0 Å². The van der Waals surface area contributed by atoms with E-state index in [0.29, 0.717) is 0 Å². The Bertz CT molecular complexity index is 357. The van der Waals surface area contributed by atoms with E-state index in [1.54, 1.807) is 0 Å². The second-order valence-electron chi connectivity index (χ2n) is 3.38. The van der Waals surface area contributed by atoms with Gasteiger partial charge in [0.05, 0.1) is 13.1 Å². The molecule has 2 nitrogen and oxygen atoms in total. The van der Waals surface area contributed by atoms with Crippen molar-refractivity contribution in [2.24, 2.45) is 0 Å². The normalized spacial score (nSPS) is 17.7. The number of hydrogen-bond donors (Lipinski definition) is 0. The average Bonchev–Trinajstić information content (AvgIpc) is 2.12. The lowest BCUT2D eigenvalue weighted by molar-refractivity contribution is -0.141. The molecule has 0 saturated carbocycles. The second kappa shape index (κ2) is 3.36. The van der Waals surface area contributed by atoms with E-state index in [2.05, 4.69) is 4.98 Å². The molecule has 1 aromatic rings. The van der Waals surface area contributed by atoms with Crippen LogP contribution >= 0.6 is 0 Å². The van der Waals surface area contributed by atoms with Crippen molar-refractivity contribution in [2.75, 3.05) is 18.0 Å². The van der Waals surface area contributed by atoms with Crippen LogP contribution in [0.2, 0.25) is 0 Å². The summed E-state index contributed by atoms with van der Waals surface area (Å²) in [6.07, 6.45) is -5.41. The van der Waals surface area contributed by atoms with Crippen molar-refractivity contribution in [3.05, 3.63) is 23.9 Å². The molecule has 2 heterocycles. The van der Waals surface area contributed by atoms with E-state index < -0.39 is 18.0 Å². The Morgan fingerprint density at radius 2 is 1.93 bits per heavy atom. The lowest BCUT2D eigenvalue weighted by Crippen LogP contribution is -2.48. The largest absolute Gasteiger partial charge is 0.433 e. The second-order valence-corrected chi connectivity index (χ2v) is 3.38. The maximum Gasteiger partial charge on any atom is 0.433 e. The number of halogens is 4. The van der Waals surface area contributed by atoms with E-state index >= 15 is 0 Å². The van der Waals surface area contributed by atoms with E-state index in [9.17, 15) is 17.6 Å². The van der Waals surface area contributed by atoms with Gasteiger partial charge in [-0.1, -0.05) is 6.07 Å². The molecule has 0 bridgehead atoms. The zero-order valence-corrected chi connectivity index (χ0v) is 7.63. The highest BCUT2D eigenvalue weighted by Crippen LogP contribution is 2.29. The van der Waals surface area contributed by atoms with Gasteiger partial charge in [-0.05, 0) is 12.1 Å². The van der Waals surface area contributed by atoms with Gasteiger partial charge in [0.2, 0.25) is 0 Å². The summed E-state index contributed by atoms with van der Waals surface area (Å²) >= 11 is 0. The molecule has 2 rings (SSSR count). The first-order chi connectivity index (χ1) is 6.97. The number of alkyl halides is 4. The van der Waals surface area contributed by atoms with Gasteiger partial charge in [0.1, 0.15) is 17.7 Å². The third-order valence-corrected chi connectivity index (χ3v) is 2.19. The summed E-state index contributed by atoms with van der Waals surface area (Å²) in [5.74, 6) is 0.179. The highest BCUT2D eigenvalue weighted by molar-refractivity contribution is 5.43. The molecule has 82 valence electrons. The minimum Gasteiger partial charge on any atom is -0.351 e. The number of anilines is 1. The fourth-order valence-corrected chi connectivity index (χ4v) is 1.37. The molecule has 0 atom stereocenters. The zero-order chi connectivity index (χ0) is 11.1. The van der Waals surface area contributed by atoms with Crippen LogP contribution in [0.5, 0.6) is 0 Å². The Morgan fingerprint density at radius 3 is 2.47 bits per heavy atom. The smallest absolute Gasteiger partial charge is 0.351 e. The summed E-state index contributed by atoms with van der Waals surface area (Å²) in [7, 11) is 0. The molecule has 1 aliphatic heterocycles.